The van der Waals surface area contributed by atoms with Gasteiger partial charge in [-0.15, -0.1) is 0 Å². The van der Waals surface area contributed by atoms with Gasteiger partial charge in [0.2, 0.25) is 0 Å². The predicted octanol–water partition coefficient (Wildman–Crippen LogP) is 1.28. The molecule has 3 rings (SSSR count). The van der Waals surface area contributed by atoms with Crippen LogP contribution < -0.4 is 9.13 Å². The fourth-order valence-corrected chi connectivity index (χ4v) is 2.21. The zero-order valence-electron chi connectivity index (χ0n) is 10.0. The number of para-hydroxylation sites is 2. The van der Waals surface area contributed by atoms with Crippen molar-refractivity contribution in [1.29, 1.82) is 0 Å². The maximum absolute atomic E-state index is 2.20. The Morgan fingerprint density at radius 1 is 0.882 bits per heavy atom. The molecule has 0 N–H and O–H groups in total. The lowest BCUT2D eigenvalue weighted by atomic mass is 10.3. The third kappa shape index (κ3) is 1.51. The number of pyridine rings is 1. The lowest BCUT2D eigenvalue weighted by molar-refractivity contribution is -0.669. The van der Waals surface area contributed by atoms with Crippen molar-refractivity contribution in [3.05, 3.63) is 55.0 Å². The minimum absolute atomic E-state index is 1.16. The van der Waals surface area contributed by atoms with E-state index in [0.29, 0.717) is 0 Å². The summed E-state index contributed by atoms with van der Waals surface area (Å²) in [6, 6.07) is 14.6. The molecule has 0 aliphatic carbocycles. The Morgan fingerprint density at radius 2 is 1.65 bits per heavy atom. The first kappa shape index (κ1) is 10.0. The topological polar surface area (TPSA) is 12.7 Å². The molecular formula is C14H15N3+2. The number of benzene rings is 1. The molecule has 0 fully saturated rings. The van der Waals surface area contributed by atoms with Crippen molar-refractivity contribution >= 4 is 11.0 Å². The Labute approximate surface area is 100 Å². The van der Waals surface area contributed by atoms with E-state index in [2.05, 4.69) is 76.7 Å². The zero-order valence-corrected chi connectivity index (χ0v) is 10.0. The molecule has 17 heavy (non-hydrogen) atoms. The van der Waals surface area contributed by atoms with Gasteiger partial charge in [-0.1, -0.05) is 18.2 Å². The van der Waals surface area contributed by atoms with Crippen molar-refractivity contribution in [3.8, 4) is 5.82 Å². The normalized spacial score (nSPS) is 10.9. The van der Waals surface area contributed by atoms with Gasteiger partial charge in [0.05, 0.1) is 20.3 Å². The van der Waals surface area contributed by atoms with E-state index in [1.54, 1.807) is 0 Å². The summed E-state index contributed by atoms with van der Waals surface area (Å²) in [6.07, 6.45) is 4.17. The molecular weight excluding hydrogens is 210 g/mol. The van der Waals surface area contributed by atoms with Gasteiger partial charge in [0.15, 0.2) is 11.0 Å². The number of imidazole rings is 1. The van der Waals surface area contributed by atoms with Crippen LogP contribution in [0.15, 0.2) is 55.0 Å². The minimum atomic E-state index is 1.16. The van der Waals surface area contributed by atoms with E-state index in [1.807, 2.05) is 6.07 Å². The van der Waals surface area contributed by atoms with Crippen LogP contribution in [-0.2, 0) is 14.1 Å². The molecule has 0 aliphatic heterocycles. The summed E-state index contributed by atoms with van der Waals surface area (Å²) < 4.78 is 6.46. The number of aryl methyl sites for hydroxylation is 2. The van der Waals surface area contributed by atoms with Crippen LogP contribution in [0, 0.1) is 0 Å². The van der Waals surface area contributed by atoms with Crippen LogP contribution in [0.3, 0.4) is 0 Å². The summed E-state index contributed by atoms with van der Waals surface area (Å²) in [7, 11) is 4.13. The molecule has 0 bridgehead atoms. The fraction of sp³-hybridized carbons (Fsp3) is 0.143. The average Bonchev–Trinajstić information content (AvgIpc) is 2.68. The molecule has 0 spiro atoms. The van der Waals surface area contributed by atoms with Crippen LogP contribution in [0.4, 0.5) is 0 Å². The molecule has 0 saturated carbocycles. The van der Waals surface area contributed by atoms with Crippen molar-refractivity contribution in [2.24, 2.45) is 14.1 Å². The van der Waals surface area contributed by atoms with Crippen LogP contribution in [0.2, 0.25) is 0 Å². The number of hydrogen-bond donors (Lipinski definition) is 0. The fourth-order valence-electron chi connectivity index (χ4n) is 2.21. The summed E-state index contributed by atoms with van der Waals surface area (Å²) in [5.74, 6) is 1.16. The molecule has 2 aromatic heterocycles. The second-order valence-electron chi connectivity index (χ2n) is 4.25. The first-order valence-electron chi connectivity index (χ1n) is 5.68. The summed E-state index contributed by atoms with van der Waals surface area (Å²) >= 11 is 0. The molecule has 0 unspecified atom stereocenters. The van der Waals surface area contributed by atoms with Gasteiger partial charge < -0.3 is 0 Å². The van der Waals surface area contributed by atoms with Crippen LogP contribution in [-0.4, -0.2) is 4.57 Å². The Bertz CT molecular complexity index is 683. The van der Waals surface area contributed by atoms with Gasteiger partial charge in [0, 0.05) is 6.07 Å². The molecule has 2 heterocycles. The quantitative estimate of drug-likeness (QED) is 0.553. The van der Waals surface area contributed by atoms with Gasteiger partial charge in [0.25, 0.3) is 12.1 Å². The molecule has 0 amide bonds. The number of rotatable bonds is 1. The number of nitrogens with zero attached hydrogens (tertiary/aromatic N) is 3. The summed E-state index contributed by atoms with van der Waals surface area (Å²) in [5.41, 5.74) is 2.45. The van der Waals surface area contributed by atoms with Crippen molar-refractivity contribution in [2.75, 3.05) is 0 Å². The Balaban J connectivity index is 2.35. The number of aromatic nitrogens is 3. The van der Waals surface area contributed by atoms with E-state index < -0.39 is 0 Å². The third-order valence-electron chi connectivity index (χ3n) is 3.08. The largest absolute Gasteiger partial charge is 0.289 e. The number of fused-ring (bicyclic) bond motifs is 1. The molecule has 3 aromatic rings. The highest BCUT2D eigenvalue weighted by Crippen LogP contribution is 2.13. The van der Waals surface area contributed by atoms with E-state index in [9.17, 15) is 0 Å². The third-order valence-corrected chi connectivity index (χ3v) is 3.08. The van der Waals surface area contributed by atoms with Gasteiger partial charge in [-0.25, -0.2) is 9.13 Å². The molecule has 0 saturated heterocycles. The van der Waals surface area contributed by atoms with Gasteiger partial charge in [-0.3, -0.25) is 0 Å². The highest BCUT2D eigenvalue weighted by Gasteiger charge is 2.17. The van der Waals surface area contributed by atoms with Crippen molar-refractivity contribution in [1.82, 2.24) is 4.57 Å². The van der Waals surface area contributed by atoms with E-state index in [0.717, 1.165) is 5.82 Å². The van der Waals surface area contributed by atoms with Gasteiger partial charge >= 0.3 is 0 Å². The van der Waals surface area contributed by atoms with Crippen LogP contribution in [0.25, 0.3) is 16.9 Å². The van der Waals surface area contributed by atoms with Crippen LogP contribution in [0.1, 0.15) is 0 Å². The first-order chi connectivity index (χ1) is 8.27. The van der Waals surface area contributed by atoms with Crippen LogP contribution in [0.5, 0.6) is 0 Å². The standard InChI is InChI=1S/C14H15N3/c1-15-10-6-5-9-14(15)17-11-16(2)12-7-3-4-8-13(12)17/h3-11H,1-2H3/q+2. The second kappa shape index (κ2) is 3.70. The molecule has 0 atom stereocenters. The first-order valence-corrected chi connectivity index (χ1v) is 5.68. The molecule has 0 radical (unpaired) electrons. The molecule has 3 nitrogen and oxygen atoms in total. The highest BCUT2D eigenvalue weighted by atomic mass is 15.2. The van der Waals surface area contributed by atoms with E-state index in [-0.39, 0.29) is 0 Å². The second-order valence-corrected chi connectivity index (χ2v) is 4.25. The lowest BCUT2D eigenvalue weighted by Crippen LogP contribution is -2.33. The predicted molar refractivity (Wildman–Crippen MR) is 65.6 cm³/mol. The summed E-state index contributed by atoms with van der Waals surface area (Å²) in [5, 5.41) is 0. The van der Waals surface area contributed by atoms with E-state index in [4.69, 9.17) is 0 Å². The maximum atomic E-state index is 2.20. The van der Waals surface area contributed by atoms with E-state index >= 15 is 0 Å². The molecule has 84 valence electrons. The summed E-state index contributed by atoms with van der Waals surface area (Å²) in [6.45, 7) is 0. The zero-order chi connectivity index (χ0) is 11.8. The van der Waals surface area contributed by atoms with Gasteiger partial charge in [-0.2, -0.15) is 4.57 Å². The Hall–Kier alpha value is -2.16. The lowest BCUT2D eigenvalue weighted by Gasteiger charge is -1.98. The van der Waals surface area contributed by atoms with Crippen molar-refractivity contribution < 1.29 is 9.13 Å². The minimum Gasteiger partial charge on any atom is -0.236 e. The molecule has 1 aromatic carbocycles. The van der Waals surface area contributed by atoms with E-state index in [1.165, 1.54) is 11.0 Å². The van der Waals surface area contributed by atoms with Gasteiger partial charge in [-0.05, 0) is 18.2 Å². The monoisotopic (exact) mass is 225 g/mol. The highest BCUT2D eigenvalue weighted by molar-refractivity contribution is 5.73. The van der Waals surface area contributed by atoms with Crippen molar-refractivity contribution in [3.63, 3.8) is 0 Å². The maximum Gasteiger partial charge on any atom is 0.289 e. The SMILES string of the molecule is C[n+]1ccccc1-n1c[n+](C)c2ccccc21. The number of hydrogen-bond acceptors (Lipinski definition) is 0. The Kier molecular flexibility index (Phi) is 2.18. The molecule has 3 heteroatoms. The van der Waals surface area contributed by atoms with Gasteiger partial charge in [0.1, 0.15) is 0 Å². The van der Waals surface area contributed by atoms with Crippen LogP contribution >= 0.6 is 0 Å². The smallest absolute Gasteiger partial charge is 0.236 e. The average molecular weight is 225 g/mol. The summed E-state index contributed by atoms with van der Waals surface area (Å²) in [4.78, 5) is 0. The Morgan fingerprint density at radius 3 is 2.47 bits per heavy atom. The van der Waals surface area contributed by atoms with Crippen molar-refractivity contribution in [2.45, 2.75) is 0 Å². The molecule has 0 aliphatic rings.